The number of amides is 1. The number of anilines is 1. The van der Waals surface area contributed by atoms with Gasteiger partial charge < -0.3 is 4.90 Å². The summed E-state index contributed by atoms with van der Waals surface area (Å²) in [6.45, 7) is 11.7. The van der Waals surface area contributed by atoms with Crippen molar-refractivity contribution in [2.75, 3.05) is 17.2 Å². The monoisotopic (exact) mass is 385 g/mol. The summed E-state index contributed by atoms with van der Waals surface area (Å²) >= 11 is 3.56. The number of benzene rings is 2. The first-order valence-corrected chi connectivity index (χ1v) is 11.0. The van der Waals surface area contributed by atoms with Crippen LogP contribution in [-0.2, 0) is 4.79 Å². The van der Waals surface area contributed by atoms with Crippen molar-refractivity contribution >= 4 is 35.1 Å². The number of para-hydroxylation sites is 1. The standard InChI is InChI=1S/C22H27NOS2/c1-14-12-15(2)18(5)22(17(14)4)25-13-21(24)23-11-10-16(3)26-20-9-7-6-8-19(20)23/h6-9,12,16H,10-11,13H2,1-5H3/t16-/m0/s1. The lowest BCUT2D eigenvalue weighted by molar-refractivity contribution is -0.116. The Kier molecular flexibility index (Phi) is 6.03. The quantitative estimate of drug-likeness (QED) is 0.611. The molecule has 2 aromatic rings. The van der Waals surface area contributed by atoms with Crippen LogP contribution in [0.3, 0.4) is 0 Å². The number of carbonyl (C=O) groups excluding carboxylic acids is 1. The molecule has 0 fully saturated rings. The van der Waals surface area contributed by atoms with Crippen LogP contribution < -0.4 is 4.90 Å². The molecule has 2 nitrogen and oxygen atoms in total. The van der Waals surface area contributed by atoms with Crippen LogP contribution in [0, 0.1) is 27.7 Å². The van der Waals surface area contributed by atoms with Gasteiger partial charge in [-0.25, -0.2) is 0 Å². The lowest BCUT2D eigenvalue weighted by Crippen LogP contribution is -2.33. The third-order valence-corrected chi connectivity index (χ3v) is 7.71. The Morgan fingerprint density at radius 1 is 1.15 bits per heavy atom. The average molecular weight is 386 g/mol. The van der Waals surface area contributed by atoms with Gasteiger partial charge in [0.25, 0.3) is 0 Å². The maximum atomic E-state index is 13.1. The van der Waals surface area contributed by atoms with Crippen LogP contribution in [0.25, 0.3) is 0 Å². The van der Waals surface area contributed by atoms with E-state index in [2.05, 4.69) is 58.9 Å². The summed E-state index contributed by atoms with van der Waals surface area (Å²) in [5.41, 5.74) is 6.26. The van der Waals surface area contributed by atoms with Gasteiger partial charge >= 0.3 is 0 Å². The Bertz CT molecular complexity index is 805. The molecule has 0 spiro atoms. The Hall–Kier alpha value is -1.39. The topological polar surface area (TPSA) is 20.3 Å². The SMILES string of the molecule is Cc1cc(C)c(C)c(SCC(=O)N2CC[C@H](C)Sc3ccccc32)c1C. The van der Waals surface area contributed by atoms with Gasteiger partial charge in [-0.15, -0.1) is 23.5 Å². The van der Waals surface area contributed by atoms with Crippen LogP contribution in [0.2, 0.25) is 0 Å². The van der Waals surface area contributed by atoms with E-state index in [9.17, 15) is 4.79 Å². The first-order valence-electron chi connectivity index (χ1n) is 9.14. The van der Waals surface area contributed by atoms with Crippen molar-refractivity contribution in [3.8, 4) is 0 Å². The van der Waals surface area contributed by atoms with Gasteiger partial charge in [0.05, 0.1) is 11.4 Å². The number of hydrogen-bond acceptors (Lipinski definition) is 3. The van der Waals surface area contributed by atoms with Gasteiger partial charge in [0.1, 0.15) is 0 Å². The zero-order valence-electron chi connectivity index (χ0n) is 16.3. The number of aryl methyl sites for hydroxylation is 2. The van der Waals surface area contributed by atoms with E-state index in [1.807, 2.05) is 22.7 Å². The van der Waals surface area contributed by atoms with Crippen LogP contribution in [0.4, 0.5) is 5.69 Å². The molecule has 0 saturated heterocycles. The van der Waals surface area contributed by atoms with Crippen molar-refractivity contribution in [2.24, 2.45) is 0 Å². The normalized spacial score (nSPS) is 17.0. The molecule has 1 aliphatic rings. The molecule has 0 radical (unpaired) electrons. The third-order valence-electron chi connectivity index (χ3n) is 5.18. The molecular weight excluding hydrogens is 358 g/mol. The molecule has 0 unspecified atom stereocenters. The largest absolute Gasteiger partial charge is 0.311 e. The Morgan fingerprint density at radius 2 is 1.81 bits per heavy atom. The Labute approximate surface area is 165 Å². The van der Waals surface area contributed by atoms with Crippen molar-refractivity contribution in [3.63, 3.8) is 0 Å². The maximum absolute atomic E-state index is 13.1. The molecule has 138 valence electrons. The fraction of sp³-hybridized carbons (Fsp3) is 0.409. The van der Waals surface area contributed by atoms with E-state index < -0.39 is 0 Å². The van der Waals surface area contributed by atoms with E-state index in [-0.39, 0.29) is 5.91 Å². The molecule has 0 saturated carbocycles. The van der Waals surface area contributed by atoms with Gasteiger partial charge in [-0.1, -0.05) is 25.1 Å². The van der Waals surface area contributed by atoms with E-state index in [1.165, 1.54) is 32.0 Å². The summed E-state index contributed by atoms with van der Waals surface area (Å²) in [5.74, 6) is 0.688. The molecule has 1 amide bonds. The predicted molar refractivity (Wildman–Crippen MR) is 115 cm³/mol. The molecule has 0 aliphatic carbocycles. The Morgan fingerprint density at radius 3 is 2.50 bits per heavy atom. The molecule has 1 atom stereocenters. The number of fused-ring (bicyclic) bond motifs is 1. The molecule has 0 bridgehead atoms. The lowest BCUT2D eigenvalue weighted by atomic mass is 10.0. The predicted octanol–water partition coefficient (Wildman–Crippen LogP) is 5.93. The van der Waals surface area contributed by atoms with Gasteiger partial charge in [-0.2, -0.15) is 0 Å². The summed E-state index contributed by atoms with van der Waals surface area (Å²) in [7, 11) is 0. The van der Waals surface area contributed by atoms with Crippen LogP contribution in [-0.4, -0.2) is 23.5 Å². The highest BCUT2D eigenvalue weighted by molar-refractivity contribution is 8.00. The maximum Gasteiger partial charge on any atom is 0.237 e. The summed E-state index contributed by atoms with van der Waals surface area (Å²) in [4.78, 5) is 17.6. The minimum atomic E-state index is 0.204. The summed E-state index contributed by atoms with van der Waals surface area (Å²) in [6, 6.07) is 10.5. The van der Waals surface area contributed by atoms with Crippen LogP contribution in [0.1, 0.15) is 35.6 Å². The molecule has 4 heteroatoms. The van der Waals surface area contributed by atoms with Gasteiger partial charge in [0.2, 0.25) is 5.91 Å². The summed E-state index contributed by atoms with van der Waals surface area (Å²) in [6.07, 6.45) is 1.03. The highest BCUT2D eigenvalue weighted by Crippen LogP contribution is 2.38. The minimum absolute atomic E-state index is 0.204. The molecule has 3 rings (SSSR count). The molecule has 2 aromatic carbocycles. The smallest absolute Gasteiger partial charge is 0.237 e. The molecule has 1 heterocycles. The number of rotatable bonds is 3. The molecule has 0 aromatic heterocycles. The van der Waals surface area contributed by atoms with Crippen LogP contribution in [0.5, 0.6) is 0 Å². The van der Waals surface area contributed by atoms with Gasteiger partial charge in [0.15, 0.2) is 0 Å². The van der Waals surface area contributed by atoms with Crippen molar-refractivity contribution in [3.05, 3.63) is 52.6 Å². The van der Waals surface area contributed by atoms with Gasteiger partial charge in [-0.05, 0) is 68.5 Å². The molecule has 1 aliphatic heterocycles. The summed E-state index contributed by atoms with van der Waals surface area (Å²) < 4.78 is 0. The van der Waals surface area contributed by atoms with E-state index in [1.54, 1.807) is 11.8 Å². The van der Waals surface area contributed by atoms with Crippen molar-refractivity contribution < 1.29 is 4.79 Å². The van der Waals surface area contributed by atoms with E-state index >= 15 is 0 Å². The van der Waals surface area contributed by atoms with Gasteiger partial charge in [-0.3, -0.25) is 4.79 Å². The average Bonchev–Trinajstić information content (AvgIpc) is 2.78. The van der Waals surface area contributed by atoms with E-state index in [0.717, 1.165) is 18.7 Å². The van der Waals surface area contributed by atoms with Crippen molar-refractivity contribution in [2.45, 2.75) is 56.1 Å². The highest BCUT2D eigenvalue weighted by Gasteiger charge is 2.24. The third kappa shape index (κ3) is 3.96. The molecule has 0 N–H and O–H groups in total. The second-order valence-electron chi connectivity index (χ2n) is 7.11. The number of hydrogen-bond donors (Lipinski definition) is 0. The Balaban J connectivity index is 1.81. The number of nitrogens with zero attached hydrogens (tertiary/aromatic N) is 1. The summed E-state index contributed by atoms with van der Waals surface area (Å²) in [5, 5.41) is 0.533. The first-order chi connectivity index (χ1) is 12.4. The van der Waals surface area contributed by atoms with Crippen LogP contribution in [0.15, 0.2) is 40.1 Å². The fourth-order valence-electron chi connectivity index (χ4n) is 3.35. The highest BCUT2D eigenvalue weighted by atomic mass is 32.2. The van der Waals surface area contributed by atoms with E-state index in [4.69, 9.17) is 0 Å². The fourth-order valence-corrected chi connectivity index (χ4v) is 5.65. The molecule has 26 heavy (non-hydrogen) atoms. The van der Waals surface area contributed by atoms with Gasteiger partial charge in [0, 0.05) is 21.6 Å². The first kappa shape index (κ1) is 19.4. The second-order valence-corrected chi connectivity index (χ2v) is 9.57. The number of thioether (sulfide) groups is 2. The lowest BCUT2D eigenvalue weighted by Gasteiger charge is -2.23. The zero-order chi connectivity index (χ0) is 18.8. The van der Waals surface area contributed by atoms with E-state index in [0.29, 0.717) is 11.0 Å². The number of carbonyl (C=O) groups is 1. The minimum Gasteiger partial charge on any atom is -0.311 e. The molecular formula is C22H27NOS2. The van der Waals surface area contributed by atoms with Crippen molar-refractivity contribution in [1.82, 2.24) is 0 Å². The zero-order valence-corrected chi connectivity index (χ0v) is 17.9. The van der Waals surface area contributed by atoms with Crippen LogP contribution >= 0.6 is 23.5 Å². The van der Waals surface area contributed by atoms with Crippen molar-refractivity contribution in [1.29, 1.82) is 0 Å². The second kappa shape index (κ2) is 8.10.